The smallest absolute Gasteiger partial charge is 0.287 e. The molecular formula is C38H11BF23NO. The fourth-order valence-electron chi connectivity index (χ4n) is 6.51. The minimum Gasteiger partial charge on any atom is -0.287 e. The van der Waals surface area contributed by atoms with Crippen LogP contribution in [0.3, 0.4) is 0 Å². The van der Waals surface area contributed by atoms with Crippen LogP contribution >= 0.6 is 0 Å². The summed E-state index contributed by atoms with van der Waals surface area (Å²) in [5.41, 5.74) is -14.5. The highest BCUT2D eigenvalue weighted by Gasteiger charge is 2.52. The van der Waals surface area contributed by atoms with E-state index in [-0.39, 0.29) is 12.3 Å². The lowest BCUT2D eigenvalue weighted by Gasteiger charge is -2.44. The molecule has 0 aliphatic carbocycles. The first-order valence-corrected chi connectivity index (χ1v) is 16.5. The van der Waals surface area contributed by atoms with Gasteiger partial charge in [-0.25, -0.2) is 87.8 Å². The van der Waals surface area contributed by atoms with Crippen molar-refractivity contribution in [1.29, 1.82) is 0 Å². The third-order valence-electron chi connectivity index (χ3n) is 9.35. The molecule has 0 N–H and O–H groups in total. The third-order valence-corrected chi connectivity index (χ3v) is 9.35. The molecule has 0 saturated heterocycles. The van der Waals surface area contributed by atoms with Crippen LogP contribution in [-0.2, 0) is 12.7 Å². The van der Waals surface area contributed by atoms with Gasteiger partial charge in [0.15, 0.2) is 82.2 Å². The van der Waals surface area contributed by atoms with Gasteiger partial charge in [-0.2, -0.15) is 17.7 Å². The van der Waals surface area contributed by atoms with E-state index >= 15 is 35.1 Å². The maximum absolute atomic E-state index is 15.4. The van der Waals surface area contributed by atoms with Crippen LogP contribution in [0.4, 0.5) is 101 Å². The van der Waals surface area contributed by atoms with E-state index in [2.05, 4.69) is 0 Å². The Morgan fingerprint density at radius 3 is 0.844 bits per heavy atom. The summed E-state index contributed by atoms with van der Waals surface area (Å²) in [6, 6.07) is 10.5. The number of benzene rings is 5. The Bertz CT molecular complexity index is 2470. The van der Waals surface area contributed by atoms with E-state index in [1.165, 1.54) is 17.0 Å². The number of carbonyl (C=O) groups excluding carboxylic acids is 1. The van der Waals surface area contributed by atoms with Crippen LogP contribution in [0.25, 0.3) is 0 Å². The van der Waals surface area contributed by atoms with Crippen molar-refractivity contribution in [3.63, 3.8) is 0 Å². The van der Waals surface area contributed by atoms with E-state index in [4.69, 9.17) is 0 Å². The van der Waals surface area contributed by atoms with Crippen molar-refractivity contribution >= 4 is 33.8 Å². The summed E-state index contributed by atoms with van der Waals surface area (Å²) in [4.78, 5) is 11.9. The lowest BCUT2D eigenvalue weighted by Crippen LogP contribution is -2.81. The summed E-state index contributed by atoms with van der Waals surface area (Å²) in [5.74, 6) is -71.6. The highest BCUT2D eigenvalue weighted by Crippen LogP contribution is 2.31. The molecule has 0 bridgehead atoms. The lowest BCUT2D eigenvalue weighted by molar-refractivity contribution is -0.683. The van der Waals surface area contributed by atoms with Crippen LogP contribution in [0.5, 0.6) is 0 Å². The standard InChI is InChI=1S/C24BF20.C14H11F3NO/c26-5-1(6(27)14(35)21(42)13(5)34)25(2-7(28)15(36)22(43)16(37)8(2)29,3-9(30)17(38)23(44)18(39)10(3)31)4-11(32)19(40)24(45)20(41)12(4)33;15-14(16,17)12-6-8-18(9-7-12)10-13(19)11-4-2-1-3-5-11/h;1-9H,10H2/q-1;+1. The van der Waals surface area contributed by atoms with E-state index in [0.717, 1.165) is 12.1 Å². The molecule has 64 heavy (non-hydrogen) atoms. The molecule has 0 aliphatic heterocycles. The number of ketones is 1. The maximum atomic E-state index is 15.4. The normalized spacial score (nSPS) is 11.8. The van der Waals surface area contributed by atoms with E-state index in [1.807, 2.05) is 0 Å². The van der Waals surface area contributed by atoms with E-state index < -0.39 is 156 Å². The number of nitrogens with zero attached hydrogens (tertiary/aromatic N) is 1. The fourth-order valence-corrected chi connectivity index (χ4v) is 6.51. The van der Waals surface area contributed by atoms with Gasteiger partial charge < -0.3 is 0 Å². The monoisotopic (exact) mass is 945 g/mol. The van der Waals surface area contributed by atoms with Crippen molar-refractivity contribution in [3.8, 4) is 0 Å². The van der Waals surface area contributed by atoms with E-state index in [1.54, 1.807) is 30.3 Å². The molecule has 5 aromatic carbocycles. The van der Waals surface area contributed by atoms with Crippen molar-refractivity contribution in [2.75, 3.05) is 0 Å². The van der Waals surface area contributed by atoms with Crippen LogP contribution in [0.15, 0.2) is 54.9 Å². The Hall–Kier alpha value is -6.63. The molecule has 0 unspecified atom stereocenters. The molecule has 2 nitrogen and oxygen atoms in total. The van der Waals surface area contributed by atoms with Gasteiger partial charge in [0.2, 0.25) is 12.3 Å². The number of aromatic nitrogens is 1. The first-order chi connectivity index (χ1) is 29.7. The average Bonchev–Trinajstić information content (AvgIpc) is 3.26. The number of carbonyl (C=O) groups is 1. The number of Topliss-reactive ketones (excluding diaryl/α,β-unsaturated/α-hetero) is 1. The van der Waals surface area contributed by atoms with Crippen LogP contribution in [0, 0.1) is 116 Å². The highest BCUT2D eigenvalue weighted by molar-refractivity contribution is 7.20. The number of rotatable bonds is 7. The highest BCUT2D eigenvalue weighted by atomic mass is 19.4. The molecule has 338 valence electrons. The predicted molar refractivity (Wildman–Crippen MR) is 172 cm³/mol. The zero-order valence-corrected chi connectivity index (χ0v) is 30.0. The summed E-state index contributed by atoms with van der Waals surface area (Å²) in [7, 11) is 0. The van der Waals surface area contributed by atoms with Crippen LogP contribution < -0.4 is 26.4 Å². The van der Waals surface area contributed by atoms with Crippen molar-refractivity contribution < 1.29 is 110 Å². The van der Waals surface area contributed by atoms with Gasteiger partial charge in [0.1, 0.15) is 52.7 Å². The number of hydrogen-bond donors (Lipinski definition) is 0. The molecule has 0 saturated carbocycles. The Labute approximate surface area is 339 Å². The molecule has 1 heterocycles. The van der Waals surface area contributed by atoms with Gasteiger partial charge >= 0.3 is 6.18 Å². The zero-order valence-electron chi connectivity index (χ0n) is 30.0. The minimum atomic E-state index is -7.22. The third kappa shape index (κ3) is 7.75. The van der Waals surface area contributed by atoms with Crippen molar-refractivity contribution in [3.05, 3.63) is 182 Å². The first-order valence-electron chi connectivity index (χ1n) is 16.5. The second kappa shape index (κ2) is 17.5. The predicted octanol–water partition coefficient (Wildman–Crippen LogP) is 8.72. The Morgan fingerprint density at radius 1 is 0.375 bits per heavy atom. The lowest BCUT2D eigenvalue weighted by atomic mass is 9.12. The summed E-state index contributed by atoms with van der Waals surface area (Å²) >= 11 is 0. The Morgan fingerprint density at radius 2 is 0.609 bits per heavy atom. The molecule has 0 fully saturated rings. The van der Waals surface area contributed by atoms with Gasteiger partial charge in [0, 0.05) is 17.7 Å². The molecule has 0 amide bonds. The van der Waals surface area contributed by atoms with Gasteiger partial charge in [-0.3, -0.25) is 4.79 Å². The van der Waals surface area contributed by atoms with Crippen molar-refractivity contribution in [1.82, 2.24) is 0 Å². The second-order valence-electron chi connectivity index (χ2n) is 12.8. The molecule has 6 aromatic rings. The maximum Gasteiger partial charge on any atom is 0.416 e. The van der Waals surface area contributed by atoms with Gasteiger partial charge in [-0.15, -0.1) is 21.9 Å². The molecular weight excluding hydrogens is 934 g/mol. The second-order valence-corrected chi connectivity index (χ2v) is 12.8. The summed E-state index contributed by atoms with van der Waals surface area (Å²) in [6.45, 7) is 0.0160. The number of halogens is 23. The first kappa shape index (κ1) is 48.4. The summed E-state index contributed by atoms with van der Waals surface area (Å²) in [6.07, 6.45) is -9.07. The van der Waals surface area contributed by atoms with Crippen molar-refractivity contribution in [2.45, 2.75) is 12.7 Å². The van der Waals surface area contributed by atoms with Gasteiger partial charge in [-0.05, 0) is 0 Å². The molecule has 26 heteroatoms. The van der Waals surface area contributed by atoms with Crippen molar-refractivity contribution in [2.24, 2.45) is 0 Å². The SMILES string of the molecule is Fc1c(F)c(F)c([B-](c2c(F)c(F)c(F)c(F)c2F)(c2c(F)c(F)c(F)c(F)c2F)c2c(F)c(F)c(F)c(F)c2F)c(F)c1F.O=C(C[n+]1ccc(C(F)(F)F)cc1)c1ccccc1. The molecule has 6 rings (SSSR count). The summed E-state index contributed by atoms with van der Waals surface area (Å²) < 4.78 is 332. The topological polar surface area (TPSA) is 20.9 Å². The summed E-state index contributed by atoms with van der Waals surface area (Å²) in [5, 5.41) is 0. The molecule has 0 aliphatic rings. The fraction of sp³-hybridized carbons (Fsp3) is 0.0526. The van der Waals surface area contributed by atoms with Gasteiger partial charge in [0.05, 0.1) is 5.56 Å². The Kier molecular flexibility index (Phi) is 13.2. The van der Waals surface area contributed by atoms with Crippen LogP contribution in [-0.4, -0.2) is 11.9 Å². The van der Waals surface area contributed by atoms with E-state index in [9.17, 15) is 70.7 Å². The van der Waals surface area contributed by atoms with Crippen LogP contribution in [0.1, 0.15) is 15.9 Å². The molecule has 0 spiro atoms. The zero-order chi connectivity index (χ0) is 48.2. The molecule has 1 aromatic heterocycles. The number of hydrogen-bond acceptors (Lipinski definition) is 1. The Balaban J connectivity index is 0.000000337. The quantitative estimate of drug-likeness (QED) is 0.0392. The largest absolute Gasteiger partial charge is 0.416 e. The van der Waals surface area contributed by atoms with Gasteiger partial charge in [-0.1, -0.05) is 30.3 Å². The number of pyridine rings is 1. The van der Waals surface area contributed by atoms with Crippen LogP contribution in [0.2, 0.25) is 0 Å². The van der Waals surface area contributed by atoms with E-state index in [0.29, 0.717) is 5.56 Å². The molecule has 0 atom stereocenters. The van der Waals surface area contributed by atoms with Gasteiger partial charge in [0.25, 0.3) is 0 Å². The number of alkyl halides is 3. The minimum absolute atomic E-state index is 0.0160. The molecule has 0 radical (unpaired) electrons. The average molecular weight is 945 g/mol.